The molecule has 0 N–H and O–H groups in total. The van der Waals surface area contributed by atoms with E-state index in [1.54, 1.807) is 0 Å². The highest BCUT2D eigenvalue weighted by atomic mass is 32.1. The maximum absolute atomic E-state index is 5.47. The van der Waals surface area contributed by atoms with Gasteiger partial charge in [0.15, 0.2) is 0 Å². The Morgan fingerprint density at radius 3 is 2.00 bits per heavy atom. The fraction of sp³-hybridized carbons (Fsp3) is 0.0545. The van der Waals surface area contributed by atoms with Crippen molar-refractivity contribution >= 4 is 75.1 Å². The van der Waals surface area contributed by atoms with Crippen LogP contribution in [0.5, 0.6) is 0 Å². The van der Waals surface area contributed by atoms with Crippen LogP contribution >= 0.6 is 11.3 Å². The van der Waals surface area contributed by atoms with Gasteiger partial charge in [0.25, 0.3) is 0 Å². The maximum Gasteiger partial charge on any atom is 0.235 e. The Morgan fingerprint density at radius 1 is 0.483 bits per heavy atom. The molecule has 0 radical (unpaired) electrons. The number of nitrogens with zero attached hydrogens (tertiary/aromatic N) is 4. The number of thiophene rings is 1. The number of benzene rings is 8. The molecule has 4 nitrogen and oxygen atoms in total. The van der Waals surface area contributed by atoms with Gasteiger partial charge in [0.05, 0.1) is 33.5 Å². The molecule has 12 aromatic rings. The van der Waals surface area contributed by atoms with Gasteiger partial charge in [-0.25, -0.2) is 9.97 Å². The first-order valence-electron chi connectivity index (χ1n) is 20.6. The summed E-state index contributed by atoms with van der Waals surface area (Å²) in [6.45, 7) is 4.80. The number of rotatable bonds is 4. The molecule has 0 aliphatic heterocycles. The predicted octanol–water partition coefficient (Wildman–Crippen LogP) is 14.7. The lowest BCUT2D eigenvalue weighted by molar-refractivity contribution is 0.666. The van der Waals surface area contributed by atoms with E-state index in [4.69, 9.17) is 9.97 Å². The molecule has 1 aliphatic carbocycles. The summed E-state index contributed by atoms with van der Waals surface area (Å²) in [4.78, 5) is 10.8. The van der Waals surface area contributed by atoms with Gasteiger partial charge in [0.1, 0.15) is 0 Å². The van der Waals surface area contributed by atoms with Crippen molar-refractivity contribution in [1.82, 2.24) is 19.1 Å². The van der Waals surface area contributed by atoms with Crippen LogP contribution in [0, 0.1) is 0 Å². The summed E-state index contributed by atoms with van der Waals surface area (Å²) in [7, 11) is 0. The van der Waals surface area contributed by atoms with Gasteiger partial charge >= 0.3 is 0 Å². The van der Waals surface area contributed by atoms with Crippen LogP contribution in [0.25, 0.3) is 109 Å². The van der Waals surface area contributed by atoms with Crippen LogP contribution in [0.2, 0.25) is 0 Å². The first-order valence-corrected chi connectivity index (χ1v) is 21.4. The second-order valence-electron chi connectivity index (χ2n) is 16.5. The Morgan fingerprint density at radius 2 is 1.15 bits per heavy atom. The highest BCUT2D eigenvalue weighted by Crippen LogP contribution is 2.56. The second kappa shape index (κ2) is 12.3. The lowest BCUT2D eigenvalue weighted by atomic mass is 9.81. The summed E-state index contributed by atoms with van der Waals surface area (Å²) in [6, 6.07) is 65.9. The van der Waals surface area contributed by atoms with Gasteiger partial charge in [-0.15, -0.1) is 11.3 Å². The molecule has 282 valence electrons. The Kier molecular flexibility index (Phi) is 6.91. The summed E-state index contributed by atoms with van der Waals surface area (Å²) in [5.41, 5.74) is 14.9. The number of para-hydroxylation sites is 2. The first kappa shape index (κ1) is 33.6. The molecule has 0 spiro atoms. The second-order valence-corrected chi connectivity index (χ2v) is 17.6. The van der Waals surface area contributed by atoms with Crippen LogP contribution in [-0.4, -0.2) is 19.1 Å². The van der Waals surface area contributed by atoms with Crippen LogP contribution in [-0.2, 0) is 5.41 Å². The van der Waals surface area contributed by atoms with Gasteiger partial charge in [0, 0.05) is 63.9 Å². The monoisotopic (exact) mass is 784 g/mol. The Balaban J connectivity index is 1.20. The number of hydrogen-bond acceptors (Lipinski definition) is 3. The van der Waals surface area contributed by atoms with E-state index in [1.807, 2.05) is 11.3 Å². The van der Waals surface area contributed by atoms with Gasteiger partial charge in [-0.3, -0.25) is 4.57 Å². The molecular formula is C55H36N4S. The van der Waals surface area contributed by atoms with Gasteiger partial charge in [-0.2, -0.15) is 0 Å². The number of fused-ring (bicyclic) bond motifs is 13. The Labute approximate surface area is 350 Å². The first-order chi connectivity index (χ1) is 29.5. The van der Waals surface area contributed by atoms with E-state index in [-0.39, 0.29) is 5.41 Å². The van der Waals surface area contributed by atoms with Gasteiger partial charge in [-0.05, 0) is 70.8 Å². The maximum atomic E-state index is 5.47. The van der Waals surface area contributed by atoms with Crippen molar-refractivity contribution in [2.75, 3.05) is 0 Å². The lowest BCUT2D eigenvalue weighted by Crippen LogP contribution is -2.14. The third-order valence-electron chi connectivity index (χ3n) is 12.9. The van der Waals surface area contributed by atoms with Crippen LogP contribution < -0.4 is 0 Å². The molecule has 60 heavy (non-hydrogen) atoms. The van der Waals surface area contributed by atoms with Crippen LogP contribution in [0.4, 0.5) is 0 Å². The Bertz CT molecular complexity index is 3740. The Hall–Kier alpha value is -7.34. The van der Waals surface area contributed by atoms with Crippen molar-refractivity contribution in [3.8, 4) is 45.3 Å². The molecule has 13 rings (SSSR count). The minimum absolute atomic E-state index is 0.257. The molecule has 0 saturated carbocycles. The normalized spacial score (nSPS) is 13.3. The molecule has 1 aliphatic rings. The molecule has 0 bridgehead atoms. The van der Waals surface area contributed by atoms with Crippen LogP contribution in [0.15, 0.2) is 182 Å². The van der Waals surface area contributed by atoms with E-state index < -0.39 is 0 Å². The minimum atomic E-state index is -0.257. The summed E-state index contributed by atoms with van der Waals surface area (Å²) in [6.07, 6.45) is 0. The average molecular weight is 785 g/mol. The van der Waals surface area contributed by atoms with E-state index in [0.717, 1.165) is 38.9 Å². The van der Waals surface area contributed by atoms with Crippen molar-refractivity contribution in [3.05, 3.63) is 193 Å². The number of aromatic nitrogens is 4. The van der Waals surface area contributed by atoms with Crippen molar-refractivity contribution in [2.24, 2.45) is 0 Å². The smallest absolute Gasteiger partial charge is 0.235 e. The zero-order valence-corrected chi connectivity index (χ0v) is 33.8. The largest absolute Gasteiger partial charge is 0.309 e. The number of hydrogen-bond donors (Lipinski definition) is 0. The van der Waals surface area contributed by atoms with Crippen molar-refractivity contribution < 1.29 is 0 Å². The van der Waals surface area contributed by atoms with Crippen LogP contribution in [0.3, 0.4) is 0 Å². The standard InChI is InChI=1S/C55H36N4S/c1-55(2)42-25-12-9-21-39(42)52-50(55)49-46(58(52)35-18-7-4-8-19-35)31-30-45-48(49)41-32-34(36-23-15-24-38-37-20-11-14-27-47(37)60-53(36)38)28-29-44(41)59(45)54-56-43-26-13-10-22-40(43)51(57-54)33-16-5-3-6-17-33/h3-32H,1-2H3. The van der Waals surface area contributed by atoms with E-state index in [0.29, 0.717) is 5.95 Å². The van der Waals surface area contributed by atoms with E-state index >= 15 is 0 Å². The third kappa shape index (κ3) is 4.55. The van der Waals surface area contributed by atoms with Gasteiger partial charge in [-0.1, -0.05) is 147 Å². The fourth-order valence-corrected chi connectivity index (χ4v) is 11.5. The highest BCUT2D eigenvalue weighted by Gasteiger charge is 2.41. The van der Waals surface area contributed by atoms with E-state index in [2.05, 4.69) is 205 Å². The fourth-order valence-electron chi connectivity index (χ4n) is 10.3. The SMILES string of the molecule is CC1(C)c2ccccc2-c2c1c1c3c4cc(-c5cccc6c5sc5ccccc56)ccc4n(-c4nc(-c5ccccc5)c5ccccc5n4)c3ccc1n2-c1ccccc1. The molecule has 0 unspecified atom stereocenters. The molecule has 4 heterocycles. The molecule has 5 heteroatoms. The quantitative estimate of drug-likeness (QED) is 0.178. The zero-order valence-electron chi connectivity index (χ0n) is 33.0. The van der Waals surface area contributed by atoms with E-state index in [1.165, 1.54) is 75.4 Å². The van der Waals surface area contributed by atoms with Crippen molar-refractivity contribution in [2.45, 2.75) is 19.3 Å². The molecule has 0 amide bonds. The molecule has 4 aromatic heterocycles. The van der Waals surface area contributed by atoms with Crippen LogP contribution in [0.1, 0.15) is 25.0 Å². The molecular weight excluding hydrogens is 749 g/mol. The highest BCUT2D eigenvalue weighted by molar-refractivity contribution is 7.26. The zero-order chi connectivity index (χ0) is 39.7. The third-order valence-corrected chi connectivity index (χ3v) is 14.1. The topological polar surface area (TPSA) is 35.6 Å². The lowest BCUT2D eigenvalue weighted by Gasteiger charge is -2.21. The van der Waals surface area contributed by atoms with Crippen molar-refractivity contribution in [1.29, 1.82) is 0 Å². The predicted molar refractivity (Wildman–Crippen MR) is 252 cm³/mol. The molecule has 0 atom stereocenters. The summed E-state index contributed by atoms with van der Waals surface area (Å²) in [5.74, 6) is 0.660. The molecule has 8 aromatic carbocycles. The minimum Gasteiger partial charge on any atom is -0.309 e. The average Bonchev–Trinajstić information content (AvgIpc) is 4.02. The van der Waals surface area contributed by atoms with Gasteiger partial charge < -0.3 is 4.57 Å². The molecule has 0 fully saturated rings. The summed E-state index contributed by atoms with van der Waals surface area (Å²) >= 11 is 1.88. The van der Waals surface area contributed by atoms with E-state index in [9.17, 15) is 0 Å². The van der Waals surface area contributed by atoms with Gasteiger partial charge in [0.2, 0.25) is 5.95 Å². The summed E-state index contributed by atoms with van der Waals surface area (Å²) in [5, 5.41) is 7.32. The molecule has 0 saturated heterocycles. The summed E-state index contributed by atoms with van der Waals surface area (Å²) < 4.78 is 7.43. The van der Waals surface area contributed by atoms with Crippen molar-refractivity contribution in [3.63, 3.8) is 0 Å².